The van der Waals surface area contributed by atoms with E-state index in [0.717, 1.165) is 30.9 Å². The second-order valence-electron chi connectivity index (χ2n) is 6.10. The molecule has 4 nitrogen and oxygen atoms in total. The lowest BCUT2D eigenvalue weighted by Crippen LogP contribution is -2.34. The van der Waals surface area contributed by atoms with Gasteiger partial charge in [0.05, 0.1) is 15.9 Å². The molecule has 29 heavy (non-hydrogen) atoms. The number of thiocarbonyl (C=S) groups is 1. The van der Waals surface area contributed by atoms with Gasteiger partial charge in [-0.1, -0.05) is 45.7 Å². The summed E-state index contributed by atoms with van der Waals surface area (Å²) in [6, 6.07) is 20.4. The Kier molecular flexibility index (Phi) is 5.91. The number of anilines is 1. The highest BCUT2D eigenvalue weighted by Gasteiger charge is 2.14. The molecule has 4 aromatic rings. The van der Waals surface area contributed by atoms with Crippen LogP contribution in [0.2, 0.25) is 5.02 Å². The molecule has 0 fully saturated rings. The molecule has 144 valence electrons. The maximum atomic E-state index is 12.4. The molecule has 0 radical (unpaired) electrons. The average molecular weight is 503 g/mol. The largest absolute Gasteiger partial charge is 0.332 e. The number of benzene rings is 3. The van der Waals surface area contributed by atoms with Crippen molar-refractivity contribution >= 4 is 78.0 Å². The van der Waals surface area contributed by atoms with Gasteiger partial charge < -0.3 is 5.32 Å². The van der Waals surface area contributed by atoms with E-state index >= 15 is 0 Å². The molecule has 0 spiro atoms. The summed E-state index contributed by atoms with van der Waals surface area (Å²) < 4.78 is 2.02. The number of amides is 1. The van der Waals surface area contributed by atoms with Gasteiger partial charge in [-0.3, -0.25) is 10.1 Å². The summed E-state index contributed by atoms with van der Waals surface area (Å²) in [6.45, 7) is 0. The summed E-state index contributed by atoms with van der Waals surface area (Å²) in [6.07, 6.45) is 0. The maximum Gasteiger partial charge on any atom is 0.257 e. The zero-order valence-corrected chi connectivity index (χ0v) is 18.8. The van der Waals surface area contributed by atoms with Gasteiger partial charge >= 0.3 is 0 Å². The van der Waals surface area contributed by atoms with E-state index in [-0.39, 0.29) is 11.0 Å². The smallest absolute Gasteiger partial charge is 0.257 e. The first-order valence-corrected chi connectivity index (χ1v) is 10.9. The van der Waals surface area contributed by atoms with Gasteiger partial charge in [-0.05, 0) is 60.7 Å². The van der Waals surface area contributed by atoms with E-state index in [1.807, 2.05) is 42.5 Å². The molecule has 0 aliphatic rings. The quantitative estimate of drug-likeness (QED) is 0.314. The van der Waals surface area contributed by atoms with Crippen LogP contribution in [0, 0.1) is 0 Å². The van der Waals surface area contributed by atoms with Crippen LogP contribution < -0.4 is 10.6 Å². The molecule has 8 heteroatoms. The molecule has 3 aromatic carbocycles. The molecule has 1 amide bonds. The molecule has 0 aliphatic heterocycles. The minimum Gasteiger partial charge on any atom is -0.332 e. The van der Waals surface area contributed by atoms with Crippen LogP contribution >= 0.6 is 51.1 Å². The number of hydrogen-bond donors (Lipinski definition) is 2. The van der Waals surface area contributed by atoms with E-state index in [4.69, 9.17) is 28.8 Å². The van der Waals surface area contributed by atoms with E-state index < -0.39 is 0 Å². The lowest BCUT2D eigenvalue weighted by atomic mass is 10.2. The van der Waals surface area contributed by atoms with Gasteiger partial charge in [0.1, 0.15) is 5.01 Å². The number of halogens is 2. The van der Waals surface area contributed by atoms with Gasteiger partial charge in [-0.15, -0.1) is 11.3 Å². The molecule has 2 N–H and O–H groups in total. The standard InChI is InChI=1S/C21H13BrClN3OS2/c22-13-8-9-16(15(11-13)20-24-17-6-1-2-7-18(17)29-20)25-21(28)26-19(27)12-4-3-5-14(23)10-12/h1-11H,(H2,25,26,27,28). The van der Waals surface area contributed by atoms with Crippen LogP contribution in [0.25, 0.3) is 20.8 Å². The number of carbonyl (C=O) groups is 1. The zero-order valence-electron chi connectivity index (χ0n) is 14.8. The zero-order chi connectivity index (χ0) is 20.4. The van der Waals surface area contributed by atoms with E-state index in [9.17, 15) is 4.79 Å². The third-order valence-corrected chi connectivity index (χ3v) is 6.07. The van der Waals surface area contributed by atoms with Crippen LogP contribution in [0.5, 0.6) is 0 Å². The Morgan fingerprint density at radius 1 is 1.07 bits per heavy atom. The van der Waals surface area contributed by atoms with Crippen molar-refractivity contribution in [2.45, 2.75) is 0 Å². The van der Waals surface area contributed by atoms with Gasteiger partial charge in [-0.2, -0.15) is 0 Å². The predicted octanol–water partition coefficient (Wildman–Crippen LogP) is 6.51. The molecule has 0 unspecified atom stereocenters. The summed E-state index contributed by atoms with van der Waals surface area (Å²) in [5.41, 5.74) is 3.02. The number of fused-ring (bicyclic) bond motifs is 1. The number of aromatic nitrogens is 1. The van der Waals surface area contributed by atoms with E-state index in [1.165, 1.54) is 0 Å². The number of hydrogen-bond acceptors (Lipinski definition) is 4. The summed E-state index contributed by atoms with van der Waals surface area (Å²) >= 11 is 16.4. The molecule has 0 atom stereocenters. The van der Waals surface area contributed by atoms with Crippen molar-refractivity contribution in [3.63, 3.8) is 0 Å². The molecule has 1 heterocycles. The number of nitrogens with one attached hydrogen (secondary N) is 2. The normalized spacial score (nSPS) is 10.7. The Balaban J connectivity index is 1.59. The minimum atomic E-state index is -0.330. The second kappa shape index (κ2) is 8.59. The van der Waals surface area contributed by atoms with Crippen LogP contribution in [0.4, 0.5) is 5.69 Å². The Bertz CT molecular complexity index is 1210. The topological polar surface area (TPSA) is 54.0 Å². The summed E-state index contributed by atoms with van der Waals surface area (Å²) in [4.78, 5) is 17.1. The third-order valence-electron chi connectivity index (χ3n) is 4.07. The first-order valence-electron chi connectivity index (χ1n) is 8.53. The summed E-state index contributed by atoms with van der Waals surface area (Å²) in [5.74, 6) is -0.330. The Hall–Kier alpha value is -2.32. The van der Waals surface area contributed by atoms with E-state index in [0.29, 0.717) is 10.6 Å². The van der Waals surface area contributed by atoms with Crippen molar-refractivity contribution in [1.29, 1.82) is 0 Å². The van der Waals surface area contributed by atoms with Crippen LogP contribution in [-0.2, 0) is 0 Å². The van der Waals surface area contributed by atoms with Gasteiger partial charge in [0.25, 0.3) is 5.91 Å². The number of carbonyl (C=O) groups excluding carboxylic acids is 1. The Morgan fingerprint density at radius 2 is 1.90 bits per heavy atom. The Labute approximate surface area is 190 Å². The number of rotatable bonds is 3. The number of nitrogens with zero attached hydrogens (tertiary/aromatic N) is 1. The fraction of sp³-hybridized carbons (Fsp3) is 0. The van der Waals surface area contributed by atoms with E-state index in [2.05, 4.69) is 26.6 Å². The molecule has 0 bridgehead atoms. The van der Waals surface area contributed by atoms with Gasteiger partial charge in [0, 0.05) is 20.6 Å². The maximum absolute atomic E-state index is 12.4. The highest BCUT2D eigenvalue weighted by molar-refractivity contribution is 9.10. The second-order valence-corrected chi connectivity index (χ2v) is 8.89. The van der Waals surface area contributed by atoms with Crippen molar-refractivity contribution in [2.24, 2.45) is 0 Å². The number of para-hydroxylation sites is 1. The van der Waals surface area contributed by atoms with Crippen LogP contribution in [-0.4, -0.2) is 16.0 Å². The van der Waals surface area contributed by atoms with Gasteiger partial charge in [-0.25, -0.2) is 4.98 Å². The fourth-order valence-electron chi connectivity index (χ4n) is 2.75. The molecule has 1 aromatic heterocycles. The summed E-state index contributed by atoms with van der Waals surface area (Å²) in [5, 5.41) is 7.34. The summed E-state index contributed by atoms with van der Waals surface area (Å²) in [7, 11) is 0. The average Bonchev–Trinajstić information content (AvgIpc) is 3.13. The van der Waals surface area contributed by atoms with Crippen molar-refractivity contribution in [1.82, 2.24) is 10.3 Å². The fourth-order valence-corrected chi connectivity index (χ4v) is 4.50. The molecular formula is C21H13BrClN3OS2. The Morgan fingerprint density at radius 3 is 2.69 bits per heavy atom. The van der Waals surface area contributed by atoms with Gasteiger partial charge in [0.2, 0.25) is 0 Å². The van der Waals surface area contributed by atoms with Gasteiger partial charge in [0.15, 0.2) is 5.11 Å². The molecule has 0 saturated carbocycles. The van der Waals surface area contributed by atoms with Crippen molar-refractivity contribution in [2.75, 3.05) is 5.32 Å². The van der Waals surface area contributed by atoms with Crippen molar-refractivity contribution in [3.05, 3.63) is 81.8 Å². The van der Waals surface area contributed by atoms with Crippen LogP contribution in [0.3, 0.4) is 0 Å². The SMILES string of the molecule is O=C(NC(=S)Nc1ccc(Br)cc1-c1nc2ccccc2s1)c1cccc(Cl)c1. The third kappa shape index (κ3) is 4.64. The highest BCUT2D eigenvalue weighted by atomic mass is 79.9. The molecule has 0 saturated heterocycles. The minimum absolute atomic E-state index is 0.194. The molecule has 0 aliphatic carbocycles. The van der Waals surface area contributed by atoms with Crippen molar-refractivity contribution < 1.29 is 4.79 Å². The lowest BCUT2D eigenvalue weighted by Gasteiger charge is -2.13. The highest BCUT2D eigenvalue weighted by Crippen LogP contribution is 2.36. The van der Waals surface area contributed by atoms with E-state index in [1.54, 1.807) is 35.6 Å². The predicted molar refractivity (Wildman–Crippen MR) is 128 cm³/mol. The van der Waals surface area contributed by atoms with Crippen molar-refractivity contribution in [3.8, 4) is 10.6 Å². The first-order chi connectivity index (χ1) is 14.0. The van der Waals surface area contributed by atoms with Crippen LogP contribution in [0.15, 0.2) is 71.2 Å². The lowest BCUT2D eigenvalue weighted by molar-refractivity contribution is 0.0977. The van der Waals surface area contributed by atoms with Crippen LogP contribution in [0.1, 0.15) is 10.4 Å². The first kappa shape index (κ1) is 20.0. The molecular weight excluding hydrogens is 490 g/mol. The number of thiazole rings is 1. The monoisotopic (exact) mass is 501 g/mol. The molecule has 4 rings (SSSR count).